The fourth-order valence-electron chi connectivity index (χ4n) is 2.32. The van der Waals surface area contributed by atoms with Crippen LogP contribution < -0.4 is 4.74 Å². The van der Waals surface area contributed by atoms with Gasteiger partial charge in [-0.15, -0.1) is 0 Å². The van der Waals surface area contributed by atoms with E-state index in [0.29, 0.717) is 30.9 Å². The van der Waals surface area contributed by atoms with Crippen LogP contribution in [0.25, 0.3) is 0 Å². The monoisotopic (exact) mass is 300 g/mol. The van der Waals surface area contributed by atoms with E-state index >= 15 is 0 Å². The van der Waals surface area contributed by atoms with Crippen LogP contribution in [0, 0.1) is 13.8 Å². The molecule has 0 spiro atoms. The van der Waals surface area contributed by atoms with Crippen molar-refractivity contribution in [2.24, 2.45) is 0 Å². The highest BCUT2D eigenvalue weighted by molar-refractivity contribution is 6.31. The minimum atomic E-state index is -0.715. The van der Waals surface area contributed by atoms with E-state index in [2.05, 4.69) is 0 Å². The van der Waals surface area contributed by atoms with Crippen molar-refractivity contribution in [3.8, 4) is 5.75 Å². The second kappa shape index (κ2) is 7.87. The summed E-state index contributed by atoms with van der Waals surface area (Å²) in [4.78, 5) is 0. The normalized spacial score (nSPS) is 14.2. The standard InChI is InChI=1S/C16H25ClO3/c1-5-14(18)15(19)8-7-12-11(4)13(17)9-10(3)16(12)20-6-2/h9,14-15,18-19H,5-8H2,1-4H3. The highest BCUT2D eigenvalue weighted by Crippen LogP contribution is 2.33. The first-order valence-electron chi connectivity index (χ1n) is 7.19. The van der Waals surface area contributed by atoms with Crippen LogP contribution in [0.3, 0.4) is 0 Å². The molecule has 1 aromatic carbocycles. The number of hydrogen-bond acceptors (Lipinski definition) is 3. The zero-order valence-electron chi connectivity index (χ0n) is 12.7. The summed E-state index contributed by atoms with van der Waals surface area (Å²) in [6, 6.07) is 1.91. The van der Waals surface area contributed by atoms with Gasteiger partial charge in [-0.05, 0) is 62.8 Å². The summed E-state index contributed by atoms with van der Waals surface area (Å²) >= 11 is 6.23. The zero-order chi connectivity index (χ0) is 15.3. The predicted molar refractivity (Wildman–Crippen MR) is 82.7 cm³/mol. The van der Waals surface area contributed by atoms with Gasteiger partial charge in [0.1, 0.15) is 5.75 Å². The number of aryl methyl sites for hydroxylation is 1. The second-order valence-corrected chi connectivity index (χ2v) is 5.53. The van der Waals surface area contributed by atoms with Crippen LogP contribution >= 0.6 is 11.6 Å². The van der Waals surface area contributed by atoms with Crippen molar-refractivity contribution >= 4 is 11.6 Å². The van der Waals surface area contributed by atoms with Gasteiger partial charge in [-0.2, -0.15) is 0 Å². The topological polar surface area (TPSA) is 49.7 Å². The number of aliphatic hydroxyl groups is 2. The molecule has 4 heteroatoms. The molecule has 0 saturated heterocycles. The van der Waals surface area contributed by atoms with Crippen LogP contribution in [0.2, 0.25) is 5.02 Å². The highest BCUT2D eigenvalue weighted by atomic mass is 35.5. The van der Waals surface area contributed by atoms with Crippen LogP contribution in [0.1, 0.15) is 43.4 Å². The average molecular weight is 301 g/mol. The van der Waals surface area contributed by atoms with Gasteiger partial charge >= 0.3 is 0 Å². The third-order valence-corrected chi connectivity index (χ3v) is 4.02. The summed E-state index contributed by atoms with van der Waals surface area (Å²) in [6.45, 7) is 8.32. The van der Waals surface area contributed by atoms with Gasteiger partial charge in [0.2, 0.25) is 0 Å². The van der Waals surface area contributed by atoms with E-state index in [0.717, 1.165) is 22.4 Å². The van der Waals surface area contributed by atoms with Gasteiger partial charge in [0.25, 0.3) is 0 Å². The molecule has 0 bridgehead atoms. The summed E-state index contributed by atoms with van der Waals surface area (Å²) in [6.07, 6.45) is 0.295. The number of ether oxygens (including phenoxy) is 1. The zero-order valence-corrected chi connectivity index (χ0v) is 13.5. The summed E-state index contributed by atoms with van der Waals surface area (Å²) in [5.41, 5.74) is 3.01. The molecule has 0 fully saturated rings. The summed E-state index contributed by atoms with van der Waals surface area (Å²) in [5.74, 6) is 0.854. The molecular formula is C16H25ClO3. The molecule has 0 amide bonds. The third-order valence-electron chi connectivity index (χ3n) is 3.63. The Kier molecular flexibility index (Phi) is 6.80. The minimum absolute atomic E-state index is 0.496. The first-order valence-corrected chi connectivity index (χ1v) is 7.57. The average Bonchev–Trinajstić information content (AvgIpc) is 2.43. The predicted octanol–water partition coefficient (Wildman–Crippen LogP) is 3.42. The van der Waals surface area contributed by atoms with E-state index in [1.807, 2.05) is 33.8 Å². The van der Waals surface area contributed by atoms with E-state index in [9.17, 15) is 10.2 Å². The van der Waals surface area contributed by atoms with Crippen molar-refractivity contribution in [1.82, 2.24) is 0 Å². The number of benzene rings is 1. The van der Waals surface area contributed by atoms with Gasteiger partial charge in [0.05, 0.1) is 18.8 Å². The molecular weight excluding hydrogens is 276 g/mol. The van der Waals surface area contributed by atoms with E-state index in [4.69, 9.17) is 16.3 Å². The Morgan fingerprint density at radius 3 is 2.40 bits per heavy atom. The van der Waals surface area contributed by atoms with Crippen LogP contribution in [0.5, 0.6) is 5.75 Å². The van der Waals surface area contributed by atoms with Gasteiger partial charge in [0, 0.05) is 5.02 Å². The number of hydrogen-bond donors (Lipinski definition) is 2. The summed E-state index contributed by atoms with van der Waals surface area (Å²) < 4.78 is 5.72. The van der Waals surface area contributed by atoms with E-state index < -0.39 is 12.2 Å². The molecule has 114 valence electrons. The van der Waals surface area contributed by atoms with Crippen LogP contribution in [-0.4, -0.2) is 29.0 Å². The minimum Gasteiger partial charge on any atom is -0.493 e. The fourth-order valence-corrected chi connectivity index (χ4v) is 2.60. The Morgan fingerprint density at radius 1 is 1.20 bits per heavy atom. The van der Waals surface area contributed by atoms with Gasteiger partial charge in [-0.25, -0.2) is 0 Å². The Balaban J connectivity index is 2.97. The molecule has 0 aliphatic heterocycles. The Labute approximate surface area is 126 Å². The van der Waals surface area contributed by atoms with E-state index in [1.54, 1.807) is 0 Å². The molecule has 2 N–H and O–H groups in total. The number of aliphatic hydroxyl groups excluding tert-OH is 2. The lowest BCUT2D eigenvalue weighted by Crippen LogP contribution is -2.25. The van der Waals surface area contributed by atoms with Gasteiger partial charge in [-0.1, -0.05) is 18.5 Å². The lowest BCUT2D eigenvalue weighted by atomic mass is 9.96. The molecule has 1 rings (SSSR count). The number of halogens is 1. The molecule has 0 saturated carbocycles. The molecule has 2 atom stereocenters. The molecule has 0 aliphatic carbocycles. The second-order valence-electron chi connectivity index (χ2n) is 5.12. The SMILES string of the molecule is CCOc1c(C)cc(Cl)c(C)c1CCC(O)C(O)CC. The quantitative estimate of drug-likeness (QED) is 0.811. The maximum atomic E-state index is 9.91. The van der Waals surface area contributed by atoms with Gasteiger partial charge in [0.15, 0.2) is 0 Å². The van der Waals surface area contributed by atoms with Crippen LogP contribution in [-0.2, 0) is 6.42 Å². The molecule has 0 radical (unpaired) electrons. The Morgan fingerprint density at radius 2 is 1.85 bits per heavy atom. The first kappa shape index (κ1) is 17.3. The van der Waals surface area contributed by atoms with E-state index in [-0.39, 0.29) is 0 Å². The molecule has 2 unspecified atom stereocenters. The third kappa shape index (κ3) is 4.11. The van der Waals surface area contributed by atoms with Crippen molar-refractivity contribution in [1.29, 1.82) is 0 Å². The Bertz CT molecular complexity index is 446. The lowest BCUT2D eigenvalue weighted by molar-refractivity contribution is 0.0129. The van der Waals surface area contributed by atoms with Crippen LogP contribution in [0.15, 0.2) is 6.07 Å². The molecule has 0 aromatic heterocycles. The maximum absolute atomic E-state index is 9.91. The maximum Gasteiger partial charge on any atom is 0.125 e. The molecule has 20 heavy (non-hydrogen) atoms. The van der Waals surface area contributed by atoms with Gasteiger partial charge < -0.3 is 14.9 Å². The smallest absolute Gasteiger partial charge is 0.125 e. The Hall–Kier alpha value is -0.770. The highest BCUT2D eigenvalue weighted by Gasteiger charge is 2.18. The summed E-state index contributed by atoms with van der Waals surface area (Å²) in [7, 11) is 0. The molecule has 0 aliphatic rings. The fraction of sp³-hybridized carbons (Fsp3) is 0.625. The van der Waals surface area contributed by atoms with Crippen molar-refractivity contribution in [3.05, 3.63) is 27.8 Å². The molecule has 1 aromatic rings. The van der Waals surface area contributed by atoms with Crippen molar-refractivity contribution < 1.29 is 14.9 Å². The molecule has 3 nitrogen and oxygen atoms in total. The van der Waals surface area contributed by atoms with Crippen molar-refractivity contribution in [2.45, 2.75) is 59.2 Å². The summed E-state index contributed by atoms with van der Waals surface area (Å²) in [5, 5.41) is 20.3. The largest absolute Gasteiger partial charge is 0.493 e. The van der Waals surface area contributed by atoms with E-state index in [1.165, 1.54) is 0 Å². The lowest BCUT2D eigenvalue weighted by Gasteiger charge is -2.20. The van der Waals surface area contributed by atoms with Crippen molar-refractivity contribution in [3.63, 3.8) is 0 Å². The first-order chi connectivity index (χ1) is 9.42. The molecule has 0 heterocycles. The van der Waals surface area contributed by atoms with Crippen LogP contribution in [0.4, 0.5) is 0 Å². The number of rotatable bonds is 7. The van der Waals surface area contributed by atoms with Gasteiger partial charge in [-0.3, -0.25) is 0 Å². The van der Waals surface area contributed by atoms with Crippen molar-refractivity contribution in [2.75, 3.05) is 6.61 Å².